The molecule has 1 atom stereocenters. The van der Waals surface area contributed by atoms with E-state index in [-0.39, 0.29) is 0 Å². The van der Waals surface area contributed by atoms with Crippen LogP contribution >= 0.6 is 0 Å². The maximum absolute atomic E-state index is 11.0. The fourth-order valence-corrected chi connectivity index (χ4v) is 1.68. The van der Waals surface area contributed by atoms with E-state index in [2.05, 4.69) is 13.8 Å². The summed E-state index contributed by atoms with van der Waals surface area (Å²) in [6, 6.07) is 1.70. The number of furan rings is 1. The highest BCUT2D eigenvalue weighted by Crippen LogP contribution is 2.43. The van der Waals surface area contributed by atoms with Gasteiger partial charge in [-0.3, -0.25) is 0 Å². The molecule has 1 N–H and O–H groups in total. The summed E-state index contributed by atoms with van der Waals surface area (Å²) >= 11 is 0. The Morgan fingerprint density at radius 1 is 1.67 bits per heavy atom. The van der Waals surface area contributed by atoms with E-state index < -0.39 is 5.97 Å². The summed E-state index contributed by atoms with van der Waals surface area (Å²) in [5, 5.41) is 9.05. The van der Waals surface area contributed by atoms with Crippen molar-refractivity contribution in [2.24, 2.45) is 0 Å². The van der Waals surface area contributed by atoms with Gasteiger partial charge in [0.2, 0.25) is 0 Å². The maximum Gasteiger partial charge on any atom is 0.339 e. The summed E-state index contributed by atoms with van der Waals surface area (Å²) in [7, 11) is 0. The first-order valence-electron chi connectivity index (χ1n) is 5.50. The lowest BCUT2D eigenvalue weighted by Crippen LogP contribution is -1.97. The molecule has 1 fully saturated rings. The summed E-state index contributed by atoms with van der Waals surface area (Å²) in [6.45, 7) is 4.13. The maximum atomic E-state index is 11.0. The van der Waals surface area contributed by atoms with Crippen molar-refractivity contribution in [1.82, 2.24) is 0 Å². The van der Waals surface area contributed by atoms with Gasteiger partial charge in [-0.15, -0.1) is 0 Å². The zero-order chi connectivity index (χ0) is 11.0. The molecule has 15 heavy (non-hydrogen) atoms. The fourth-order valence-electron chi connectivity index (χ4n) is 1.68. The summed E-state index contributed by atoms with van der Waals surface area (Å²) in [5.41, 5.74) is 0.368. The zero-order valence-electron chi connectivity index (χ0n) is 9.12. The lowest BCUT2D eigenvalue weighted by Gasteiger charge is -2.02. The third-order valence-corrected chi connectivity index (χ3v) is 3.06. The molecular weight excluding hydrogens is 192 g/mol. The van der Waals surface area contributed by atoms with E-state index in [1.54, 1.807) is 6.07 Å². The van der Waals surface area contributed by atoms with Crippen LogP contribution in [0.25, 0.3) is 0 Å². The molecule has 1 aromatic heterocycles. The monoisotopic (exact) mass is 208 g/mol. The topological polar surface area (TPSA) is 50.4 Å². The van der Waals surface area contributed by atoms with Crippen LogP contribution in [0.15, 0.2) is 10.5 Å². The Morgan fingerprint density at radius 3 is 2.80 bits per heavy atom. The smallest absolute Gasteiger partial charge is 0.339 e. The van der Waals surface area contributed by atoms with Gasteiger partial charge in [0.15, 0.2) is 0 Å². The van der Waals surface area contributed by atoms with Gasteiger partial charge in [0, 0.05) is 11.8 Å². The highest BCUT2D eigenvalue weighted by atomic mass is 16.4. The molecule has 2 rings (SSSR count). The molecule has 0 bridgehead atoms. The molecule has 0 saturated heterocycles. The van der Waals surface area contributed by atoms with Crippen molar-refractivity contribution in [3.8, 4) is 0 Å². The lowest BCUT2D eigenvalue weighted by molar-refractivity contribution is 0.0694. The van der Waals surface area contributed by atoms with Gasteiger partial charge in [0.1, 0.15) is 17.1 Å². The molecule has 0 aliphatic heterocycles. The zero-order valence-corrected chi connectivity index (χ0v) is 9.12. The minimum Gasteiger partial charge on any atom is -0.478 e. The molecule has 0 spiro atoms. The molecule has 82 valence electrons. The van der Waals surface area contributed by atoms with Gasteiger partial charge < -0.3 is 9.52 Å². The number of carboxylic acids is 1. The van der Waals surface area contributed by atoms with Gasteiger partial charge in [-0.1, -0.05) is 13.8 Å². The Labute approximate surface area is 89.1 Å². The second-order valence-electron chi connectivity index (χ2n) is 4.32. The second kappa shape index (κ2) is 3.72. The molecule has 1 aliphatic carbocycles. The quantitative estimate of drug-likeness (QED) is 0.825. The summed E-state index contributed by atoms with van der Waals surface area (Å²) in [6.07, 6.45) is 3.10. The Kier molecular flexibility index (Phi) is 2.55. The molecule has 1 aromatic rings. The van der Waals surface area contributed by atoms with E-state index in [4.69, 9.17) is 9.52 Å². The Morgan fingerprint density at radius 2 is 2.33 bits per heavy atom. The predicted octanol–water partition coefficient (Wildman–Crippen LogP) is 3.37. The van der Waals surface area contributed by atoms with E-state index in [1.165, 1.54) is 0 Å². The average Bonchev–Trinajstić information content (AvgIpc) is 2.96. The first kappa shape index (κ1) is 10.3. The van der Waals surface area contributed by atoms with Crippen LogP contribution in [0, 0.1) is 0 Å². The van der Waals surface area contributed by atoms with Crippen molar-refractivity contribution >= 4 is 5.97 Å². The second-order valence-corrected chi connectivity index (χ2v) is 4.32. The molecule has 0 aromatic carbocycles. The average molecular weight is 208 g/mol. The molecule has 1 saturated carbocycles. The minimum absolute atomic E-state index is 0.301. The van der Waals surface area contributed by atoms with Crippen LogP contribution in [0.2, 0.25) is 0 Å². The molecule has 0 radical (unpaired) electrons. The first-order chi connectivity index (χ1) is 7.13. The van der Waals surface area contributed by atoms with Crippen LogP contribution in [0.1, 0.15) is 66.8 Å². The standard InChI is InChI=1S/C12H16O3/c1-3-7(2)10-6-9(12(13)14)11(15-10)8-4-5-8/h6-8H,3-5H2,1-2H3,(H,13,14). The van der Waals surface area contributed by atoms with Gasteiger partial charge in [-0.2, -0.15) is 0 Å². The number of carboxylic acid groups (broad SMARTS) is 1. The first-order valence-corrected chi connectivity index (χ1v) is 5.50. The number of hydrogen-bond donors (Lipinski definition) is 1. The lowest BCUT2D eigenvalue weighted by atomic mass is 10.1. The molecule has 1 aliphatic rings. The predicted molar refractivity (Wildman–Crippen MR) is 56.3 cm³/mol. The number of hydrogen-bond acceptors (Lipinski definition) is 2. The van der Waals surface area contributed by atoms with Crippen molar-refractivity contribution < 1.29 is 14.3 Å². The SMILES string of the molecule is CCC(C)c1cc(C(=O)O)c(C2CC2)o1. The van der Waals surface area contributed by atoms with Crippen LogP contribution < -0.4 is 0 Å². The number of rotatable bonds is 4. The van der Waals surface area contributed by atoms with Crippen LogP contribution in [0.4, 0.5) is 0 Å². The Hall–Kier alpha value is -1.25. The molecule has 1 heterocycles. The highest BCUT2D eigenvalue weighted by molar-refractivity contribution is 5.89. The Balaban J connectivity index is 2.35. The van der Waals surface area contributed by atoms with E-state index in [0.717, 1.165) is 25.0 Å². The number of aromatic carboxylic acids is 1. The van der Waals surface area contributed by atoms with E-state index in [0.29, 0.717) is 23.2 Å². The van der Waals surface area contributed by atoms with Crippen LogP contribution in [-0.2, 0) is 0 Å². The van der Waals surface area contributed by atoms with Crippen molar-refractivity contribution in [2.45, 2.75) is 44.9 Å². The van der Waals surface area contributed by atoms with Crippen molar-refractivity contribution in [3.05, 3.63) is 23.2 Å². The molecule has 3 nitrogen and oxygen atoms in total. The van der Waals surface area contributed by atoms with Crippen LogP contribution in [-0.4, -0.2) is 11.1 Å². The third-order valence-electron chi connectivity index (χ3n) is 3.06. The third kappa shape index (κ3) is 1.91. The highest BCUT2D eigenvalue weighted by Gasteiger charge is 2.32. The van der Waals surface area contributed by atoms with Gasteiger partial charge in [-0.25, -0.2) is 4.79 Å². The van der Waals surface area contributed by atoms with Crippen molar-refractivity contribution in [1.29, 1.82) is 0 Å². The minimum atomic E-state index is -0.866. The number of carbonyl (C=O) groups is 1. The summed E-state index contributed by atoms with van der Waals surface area (Å²) in [4.78, 5) is 11.0. The van der Waals surface area contributed by atoms with E-state index >= 15 is 0 Å². The van der Waals surface area contributed by atoms with Crippen molar-refractivity contribution in [2.75, 3.05) is 0 Å². The summed E-state index contributed by atoms with van der Waals surface area (Å²) in [5.74, 6) is 1.30. The van der Waals surface area contributed by atoms with Crippen LogP contribution in [0.3, 0.4) is 0 Å². The molecular formula is C12H16O3. The Bertz CT molecular complexity index is 374. The summed E-state index contributed by atoms with van der Waals surface area (Å²) < 4.78 is 5.67. The van der Waals surface area contributed by atoms with E-state index in [1.807, 2.05) is 0 Å². The molecule has 0 amide bonds. The van der Waals surface area contributed by atoms with Crippen LogP contribution in [0.5, 0.6) is 0 Å². The fraction of sp³-hybridized carbons (Fsp3) is 0.583. The molecule has 3 heteroatoms. The normalized spacial score (nSPS) is 17.7. The van der Waals surface area contributed by atoms with Gasteiger partial charge in [0.05, 0.1) is 0 Å². The molecule has 1 unspecified atom stereocenters. The van der Waals surface area contributed by atoms with Gasteiger partial charge in [0.25, 0.3) is 0 Å². The van der Waals surface area contributed by atoms with Crippen molar-refractivity contribution in [3.63, 3.8) is 0 Å². The largest absolute Gasteiger partial charge is 0.478 e. The van der Waals surface area contributed by atoms with Gasteiger partial charge >= 0.3 is 5.97 Å². The van der Waals surface area contributed by atoms with Gasteiger partial charge in [-0.05, 0) is 25.3 Å². The van der Waals surface area contributed by atoms with E-state index in [9.17, 15) is 4.79 Å².